The van der Waals surface area contributed by atoms with Gasteiger partial charge >= 0.3 is 0 Å². The molecule has 1 atom stereocenters. The fraction of sp³-hybridized carbons (Fsp3) is 0.533. The fourth-order valence-corrected chi connectivity index (χ4v) is 3.07. The van der Waals surface area contributed by atoms with Crippen LogP contribution in [-0.2, 0) is 4.79 Å². The third kappa shape index (κ3) is 4.89. The number of rotatable bonds is 7. The minimum absolute atomic E-state index is 0.114. The molecule has 1 aliphatic heterocycles. The molecular weight excluding hydrogens is 322 g/mol. The number of halogens is 1. The Labute approximate surface area is 139 Å². The highest BCUT2D eigenvalue weighted by molar-refractivity contribution is 6.34. The van der Waals surface area contributed by atoms with E-state index >= 15 is 0 Å². The van der Waals surface area contributed by atoms with Crippen molar-refractivity contribution in [2.45, 2.75) is 31.7 Å². The van der Waals surface area contributed by atoms with E-state index in [0.29, 0.717) is 11.7 Å². The third-order valence-electron chi connectivity index (χ3n) is 3.98. The minimum Gasteiger partial charge on any atom is -0.396 e. The number of hydrogen-bond acceptors (Lipinski definition) is 5. The van der Waals surface area contributed by atoms with Gasteiger partial charge in [-0.1, -0.05) is 11.6 Å². The van der Waals surface area contributed by atoms with E-state index in [1.54, 1.807) is 0 Å². The van der Waals surface area contributed by atoms with Crippen LogP contribution >= 0.6 is 11.6 Å². The van der Waals surface area contributed by atoms with Crippen molar-refractivity contribution in [3.8, 4) is 0 Å². The summed E-state index contributed by atoms with van der Waals surface area (Å²) in [6.07, 6.45) is 3.69. The van der Waals surface area contributed by atoms with Crippen LogP contribution < -0.4 is 5.32 Å². The first kappa shape index (κ1) is 17.7. The van der Waals surface area contributed by atoms with Crippen molar-refractivity contribution in [3.63, 3.8) is 0 Å². The standard InChI is InChI=1S/C15H20ClN3O4/c16-13-9-12(19(22)23)5-6-14(13)17-15(21)10-18-7-1-3-11(18)4-2-8-20/h5-6,9,11,20H,1-4,7-8,10H2,(H,17,21). The van der Waals surface area contributed by atoms with Gasteiger partial charge in [-0.25, -0.2) is 0 Å². The molecule has 0 spiro atoms. The second-order valence-corrected chi connectivity index (χ2v) is 6.01. The molecule has 2 N–H and O–H groups in total. The average Bonchev–Trinajstić information content (AvgIpc) is 2.94. The van der Waals surface area contributed by atoms with E-state index in [0.717, 1.165) is 32.2 Å². The summed E-state index contributed by atoms with van der Waals surface area (Å²) in [6.45, 7) is 1.27. The smallest absolute Gasteiger partial charge is 0.271 e. The van der Waals surface area contributed by atoms with Gasteiger partial charge in [-0.2, -0.15) is 0 Å². The molecule has 1 aromatic carbocycles. The number of nitro benzene ring substituents is 1. The van der Waals surface area contributed by atoms with Crippen molar-refractivity contribution >= 4 is 28.9 Å². The molecule has 0 aromatic heterocycles. The van der Waals surface area contributed by atoms with Crippen molar-refractivity contribution in [2.75, 3.05) is 25.0 Å². The number of nitro groups is 1. The van der Waals surface area contributed by atoms with Crippen LogP contribution in [0.1, 0.15) is 25.7 Å². The maximum Gasteiger partial charge on any atom is 0.271 e. The molecule has 1 fully saturated rings. The van der Waals surface area contributed by atoms with Gasteiger partial charge in [0.1, 0.15) is 0 Å². The van der Waals surface area contributed by atoms with E-state index in [-0.39, 0.29) is 29.8 Å². The van der Waals surface area contributed by atoms with E-state index in [4.69, 9.17) is 16.7 Å². The first-order valence-electron chi connectivity index (χ1n) is 7.60. The number of aliphatic hydroxyl groups is 1. The second kappa shape index (κ2) is 8.24. The SMILES string of the molecule is O=C(CN1CCCC1CCCO)Nc1ccc([N+](=O)[O-])cc1Cl. The Bertz CT molecular complexity index is 582. The number of benzene rings is 1. The molecule has 23 heavy (non-hydrogen) atoms. The number of carbonyl (C=O) groups is 1. The van der Waals surface area contributed by atoms with E-state index in [2.05, 4.69) is 10.2 Å². The number of nitrogens with zero attached hydrogens (tertiary/aromatic N) is 2. The highest BCUT2D eigenvalue weighted by atomic mass is 35.5. The lowest BCUT2D eigenvalue weighted by molar-refractivity contribution is -0.384. The Kier molecular flexibility index (Phi) is 6.32. The molecule has 1 amide bonds. The number of non-ortho nitro benzene ring substituents is 1. The number of aliphatic hydroxyl groups excluding tert-OH is 1. The number of anilines is 1. The quantitative estimate of drug-likeness (QED) is 0.586. The first-order valence-corrected chi connectivity index (χ1v) is 7.97. The summed E-state index contributed by atoms with van der Waals surface area (Å²) < 4.78 is 0. The van der Waals surface area contributed by atoms with E-state index in [1.807, 2.05) is 0 Å². The summed E-state index contributed by atoms with van der Waals surface area (Å²) in [5.41, 5.74) is 0.255. The molecule has 2 rings (SSSR count). The summed E-state index contributed by atoms with van der Waals surface area (Å²) >= 11 is 5.97. The third-order valence-corrected chi connectivity index (χ3v) is 4.29. The average molecular weight is 342 g/mol. The number of carbonyl (C=O) groups excluding carboxylic acids is 1. The van der Waals surface area contributed by atoms with Crippen molar-refractivity contribution in [1.29, 1.82) is 0 Å². The van der Waals surface area contributed by atoms with Gasteiger partial charge in [0.15, 0.2) is 0 Å². The predicted octanol–water partition coefficient (Wildman–Crippen LogP) is 2.42. The predicted molar refractivity (Wildman–Crippen MR) is 87.7 cm³/mol. The highest BCUT2D eigenvalue weighted by Gasteiger charge is 2.25. The molecule has 126 valence electrons. The van der Waals surface area contributed by atoms with Crippen LogP contribution in [0.3, 0.4) is 0 Å². The van der Waals surface area contributed by atoms with E-state index < -0.39 is 4.92 Å². The van der Waals surface area contributed by atoms with Crippen LogP contribution in [0.15, 0.2) is 18.2 Å². The van der Waals surface area contributed by atoms with Gasteiger partial charge < -0.3 is 10.4 Å². The zero-order chi connectivity index (χ0) is 16.8. The lowest BCUT2D eigenvalue weighted by atomic mass is 10.1. The van der Waals surface area contributed by atoms with Crippen molar-refractivity contribution in [1.82, 2.24) is 4.90 Å². The van der Waals surface area contributed by atoms with Gasteiger partial charge in [0, 0.05) is 24.8 Å². The molecule has 1 aromatic rings. The molecule has 0 saturated carbocycles. The van der Waals surface area contributed by atoms with Crippen molar-refractivity contribution < 1.29 is 14.8 Å². The first-order chi connectivity index (χ1) is 11.0. The van der Waals surface area contributed by atoms with Gasteiger partial charge in [0.25, 0.3) is 5.69 Å². The Morgan fingerprint density at radius 1 is 1.52 bits per heavy atom. The molecule has 1 unspecified atom stereocenters. The lowest BCUT2D eigenvalue weighted by Gasteiger charge is -2.23. The number of nitrogens with one attached hydrogen (secondary N) is 1. The van der Waals surface area contributed by atoms with Gasteiger partial charge in [-0.15, -0.1) is 0 Å². The topological polar surface area (TPSA) is 95.7 Å². The molecule has 0 aliphatic carbocycles. The Balaban J connectivity index is 1.93. The van der Waals surface area contributed by atoms with Crippen LogP contribution in [0.25, 0.3) is 0 Å². The van der Waals surface area contributed by atoms with Gasteiger partial charge in [-0.05, 0) is 38.3 Å². The lowest BCUT2D eigenvalue weighted by Crippen LogP contribution is -2.36. The largest absolute Gasteiger partial charge is 0.396 e. The summed E-state index contributed by atoms with van der Waals surface area (Å²) in [4.78, 5) is 24.4. The maximum atomic E-state index is 12.2. The zero-order valence-corrected chi connectivity index (χ0v) is 13.5. The number of hydrogen-bond donors (Lipinski definition) is 2. The summed E-state index contributed by atoms with van der Waals surface area (Å²) in [7, 11) is 0. The summed E-state index contributed by atoms with van der Waals surface area (Å²) in [5, 5.41) is 22.4. The van der Waals surface area contributed by atoms with Crippen molar-refractivity contribution in [2.24, 2.45) is 0 Å². The van der Waals surface area contributed by atoms with Gasteiger partial charge in [-0.3, -0.25) is 19.8 Å². The highest BCUT2D eigenvalue weighted by Crippen LogP contribution is 2.27. The van der Waals surface area contributed by atoms with E-state index in [1.165, 1.54) is 18.2 Å². The van der Waals surface area contributed by atoms with Crippen molar-refractivity contribution in [3.05, 3.63) is 33.3 Å². The van der Waals surface area contributed by atoms with Gasteiger partial charge in [0.05, 0.1) is 22.2 Å². The second-order valence-electron chi connectivity index (χ2n) is 5.60. The number of amides is 1. The molecule has 1 aliphatic rings. The van der Waals surface area contributed by atoms with Gasteiger partial charge in [0.2, 0.25) is 5.91 Å². The normalized spacial score (nSPS) is 18.1. The minimum atomic E-state index is -0.534. The summed E-state index contributed by atoms with van der Waals surface area (Å²) in [5.74, 6) is -0.198. The molecular formula is C15H20ClN3O4. The molecule has 1 heterocycles. The molecule has 7 nitrogen and oxygen atoms in total. The zero-order valence-electron chi connectivity index (χ0n) is 12.7. The fourth-order valence-electron chi connectivity index (χ4n) is 2.85. The van der Waals surface area contributed by atoms with Crippen LogP contribution in [0.5, 0.6) is 0 Å². The monoisotopic (exact) mass is 341 g/mol. The maximum absolute atomic E-state index is 12.2. The Hall–Kier alpha value is -1.70. The summed E-state index contributed by atoms with van der Waals surface area (Å²) in [6, 6.07) is 4.28. The van der Waals surface area contributed by atoms with Crippen LogP contribution in [-0.4, -0.2) is 46.6 Å². The van der Waals surface area contributed by atoms with Crippen LogP contribution in [0, 0.1) is 10.1 Å². The Morgan fingerprint density at radius 2 is 2.30 bits per heavy atom. The Morgan fingerprint density at radius 3 is 2.96 bits per heavy atom. The molecule has 1 saturated heterocycles. The molecule has 0 bridgehead atoms. The van der Waals surface area contributed by atoms with Crippen LogP contribution in [0.4, 0.5) is 11.4 Å². The molecule has 0 radical (unpaired) electrons. The molecule has 8 heteroatoms. The van der Waals surface area contributed by atoms with Crippen LogP contribution in [0.2, 0.25) is 5.02 Å². The number of likely N-dealkylation sites (tertiary alicyclic amines) is 1. The van der Waals surface area contributed by atoms with E-state index in [9.17, 15) is 14.9 Å².